The molecule has 1 aromatic rings. The van der Waals surface area contributed by atoms with Crippen molar-refractivity contribution < 1.29 is 8.42 Å². The fourth-order valence-corrected chi connectivity index (χ4v) is 2.96. The van der Waals surface area contributed by atoms with E-state index in [1.807, 2.05) is 5.38 Å². The van der Waals surface area contributed by atoms with Gasteiger partial charge in [0.1, 0.15) is 0 Å². The number of hydrogen-bond acceptors (Lipinski definition) is 4. The van der Waals surface area contributed by atoms with Gasteiger partial charge in [-0.15, -0.1) is 17.9 Å². The van der Waals surface area contributed by atoms with Crippen LogP contribution in [0.3, 0.4) is 0 Å². The predicted molar refractivity (Wildman–Crippen MR) is 62.2 cm³/mol. The maximum absolute atomic E-state index is 11.3. The molecule has 1 unspecified atom stereocenters. The van der Waals surface area contributed by atoms with E-state index in [0.29, 0.717) is 6.42 Å². The summed E-state index contributed by atoms with van der Waals surface area (Å²) in [6.45, 7) is 5.22. The lowest BCUT2D eigenvalue weighted by atomic mass is 10.0. The Morgan fingerprint density at radius 2 is 2.40 bits per heavy atom. The van der Waals surface area contributed by atoms with Gasteiger partial charge >= 0.3 is 0 Å². The van der Waals surface area contributed by atoms with Crippen LogP contribution in [0.1, 0.15) is 24.3 Å². The first-order chi connectivity index (χ1) is 6.96. The summed E-state index contributed by atoms with van der Waals surface area (Å²) >= 11 is 1.44. The molecule has 0 aliphatic rings. The van der Waals surface area contributed by atoms with Crippen molar-refractivity contribution in [3.63, 3.8) is 0 Å². The number of thiazole rings is 1. The van der Waals surface area contributed by atoms with Gasteiger partial charge in [-0.25, -0.2) is 18.5 Å². The summed E-state index contributed by atoms with van der Waals surface area (Å²) in [6, 6.07) is 0. The molecular formula is C9H14N2O2S2. The molecule has 2 N–H and O–H groups in total. The fourth-order valence-electron chi connectivity index (χ4n) is 1.32. The number of allylic oxidation sites excluding steroid dienone is 1. The Hall–Kier alpha value is -0.720. The molecule has 0 saturated carbocycles. The predicted octanol–water partition coefficient (Wildman–Crippen LogP) is 1.48. The molecule has 15 heavy (non-hydrogen) atoms. The van der Waals surface area contributed by atoms with Crippen molar-refractivity contribution in [2.24, 2.45) is 5.14 Å². The van der Waals surface area contributed by atoms with Crippen LogP contribution in [0.4, 0.5) is 0 Å². The summed E-state index contributed by atoms with van der Waals surface area (Å²) in [4.78, 5) is 4.12. The minimum atomic E-state index is -3.53. The van der Waals surface area contributed by atoms with Crippen LogP contribution in [0.5, 0.6) is 0 Å². The maximum Gasteiger partial charge on any atom is 0.212 e. The highest BCUT2D eigenvalue weighted by Gasteiger charge is 2.28. The van der Waals surface area contributed by atoms with Gasteiger partial charge in [0.2, 0.25) is 10.0 Å². The number of nitrogens with zero attached hydrogens (tertiary/aromatic N) is 1. The van der Waals surface area contributed by atoms with Crippen LogP contribution in [-0.4, -0.2) is 18.7 Å². The summed E-state index contributed by atoms with van der Waals surface area (Å²) in [5.41, 5.74) is 0. The highest BCUT2D eigenvalue weighted by Crippen LogP contribution is 2.28. The third-order valence-corrected chi connectivity index (χ3v) is 4.55. The quantitative estimate of drug-likeness (QED) is 0.800. The average Bonchev–Trinajstić information content (AvgIpc) is 2.64. The second-order valence-corrected chi connectivity index (χ2v) is 6.14. The Kier molecular flexibility index (Phi) is 4.01. The molecule has 0 spiro atoms. The zero-order valence-electron chi connectivity index (χ0n) is 8.46. The minimum Gasteiger partial charge on any atom is -0.249 e. The molecule has 0 saturated heterocycles. The third kappa shape index (κ3) is 3.12. The van der Waals surface area contributed by atoms with Crippen molar-refractivity contribution in [2.45, 2.75) is 24.5 Å². The van der Waals surface area contributed by atoms with Gasteiger partial charge < -0.3 is 0 Å². The fraction of sp³-hybridized carbons (Fsp3) is 0.444. The van der Waals surface area contributed by atoms with Gasteiger partial charge in [0.05, 0.1) is 10.3 Å². The lowest BCUT2D eigenvalue weighted by molar-refractivity contribution is 0.562. The zero-order valence-corrected chi connectivity index (χ0v) is 10.1. The van der Waals surface area contributed by atoms with Gasteiger partial charge in [0, 0.05) is 17.5 Å². The molecule has 4 nitrogen and oxygen atoms in total. The first-order valence-electron chi connectivity index (χ1n) is 4.48. The topological polar surface area (TPSA) is 73.0 Å². The number of primary sulfonamides is 1. The van der Waals surface area contributed by atoms with Crippen LogP contribution >= 0.6 is 11.3 Å². The Morgan fingerprint density at radius 3 is 2.80 bits per heavy atom. The average molecular weight is 246 g/mol. The normalized spacial score (nSPS) is 15.9. The highest BCUT2D eigenvalue weighted by atomic mass is 32.2. The molecule has 0 aliphatic heterocycles. The highest BCUT2D eigenvalue weighted by molar-refractivity contribution is 7.89. The van der Waals surface area contributed by atoms with Crippen molar-refractivity contribution in [1.82, 2.24) is 4.98 Å². The van der Waals surface area contributed by atoms with E-state index in [0.717, 1.165) is 5.01 Å². The molecule has 84 valence electrons. The smallest absolute Gasteiger partial charge is 0.212 e. The van der Waals surface area contributed by atoms with E-state index in [2.05, 4.69) is 11.6 Å². The molecule has 1 aromatic heterocycles. The van der Waals surface area contributed by atoms with Gasteiger partial charge in [-0.3, -0.25) is 0 Å². The zero-order chi connectivity index (χ0) is 11.5. The van der Waals surface area contributed by atoms with Gasteiger partial charge in [-0.2, -0.15) is 0 Å². The van der Waals surface area contributed by atoms with Crippen molar-refractivity contribution in [1.29, 1.82) is 0 Å². The van der Waals surface area contributed by atoms with E-state index in [-0.39, 0.29) is 5.92 Å². The Morgan fingerprint density at radius 1 is 1.73 bits per heavy atom. The van der Waals surface area contributed by atoms with Gasteiger partial charge in [0.15, 0.2) is 0 Å². The molecule has 0 aromatic carbocycles. The van der Waals surface area contributed by atoms with Crippen LogP contribution in [0.25, 0.3) is 0 Å². The van der Waals surface area contributed by atoms with E-state index in [4.69, 9.17) is 5.14 Å². The number of aromatic nitrogens is 1. The Bertz CT molecular complexity index is 411. The van der Waals surface area contributed by atoms with E-state index in [9.17, 15) is 8.42 Å². The minimum absolute atomic E-state index is 0.197. The standard InChI is InChI=1S/C9H14N2O2S2/c1-3-4-8(7(2)15(10,12)13)9-11-5-6-14-9/h3,5-8H,1,4H2,2H3,(H2,10,12,13)/t7-,8?/m0/s1. The number of sulfonamides is 1. The SMILES string of the molecule is C=CCC(c1nccs1)[C@H](C)S(N)(=O)=O. The Balaban J connectivity index is 2.98. The summed E-state index contributed by atoms with van der Waals surface area (Å²) < 4.78 is 22.5. The van der Waals surface area contributed by atoms with E-state index >= 15 is 0 Å². The summed E-state index contributed by atoms with van der Waals surface area (Å²) in [7, 11) is -3.53. The van der Waals surface area contributed by atoms with Crippen molar-refractivity contribution in [3.8, 4) is 0 Å². The molecule has 1 rings (SSSR count). The van der Waals surface area contributed by atoms with Gasteiger partial charge in [-0.1, -0.05) is 6.08 Å². The third-order valence-electron chi connectivity index (χ3n) is 2.27. The van der Waals surface area contributed by atoms with Crippen molar-refractivity contribution in [3.05, 3.63) is 29.2 Å². The number of hydrogen-bond donors (Lipinski definition) is 1. The van der Waals surface area contributed by atoms with Crippen LogP contribution in [-0.2, 0) is 10.0 Å². The first-order valence-corrected chi connectivity index (χ1v) is 6.97. The van der Waals surface area contributed by atoms with E-state index in [1.165, 1.54) is 11.3 Å². The van der Waals surface area contributed by atoms with Crippen LogP contribution in [0, 0.1) is 0 Å². The van der Waals surface area contributed by atoms with E-state index in [1.54, 1.807) is 19.2 Å². The molecule has 0 fully saturated rings. The van der Waals surface area contributed by atoms with Crippen LogP contribution in [0.15, 0.2) is 24.2 Å². The molecule has 0 radical (unpaired) electrons. The molecular weight excluding hydrogens is 232 g/mol. The van der Waals surface area contributed by atoms with E-state index < -0.39 is 15.3 Å². The molecule has 0 aliphatic carbocycles. The Labute approximate surface area is 93.9 Å². The molecule has 2 atom stereocenters. The van der Waals surface area contributed by atoms with Crippen molar-refractivity contribution in [2.75, 3.05) is 0 Å². The summed E-state index contributed by atoms with van der Waals surface area (Å²) in [5, 5.41) is 7.10. The van der Waals surface area contributed by atoms with Gasteiger partial charge in [-0.05, 0) is 13.3 Å². The second-order valence-electron chi connectivity index (χ2n) is 3.30. The van der Waals surface area contributed by atoms with Crippen molar-refractivity contribution >= 4 is 21.4 Å². The molecule has 0 amide bonds. The monoisotopic (exact) mass is 246 g/mol. The largest absolute Gasteiger partial charge is 0.249 e. The summed E-state index contributed by atoms with van der Waals surface area (Å²) in [5.74, 6) is -0.197. The second kappa shape index (κ2) is 4.87. The molecule has 1 heterocycles. The molecule has 0 bridgehead atoms. The number of rotatable bonds is 5. The van der Waals surface area contributed by atoms with Crippen LogP contribution in [0.2, 0.25) is 0 Å². The van der Waals surface area contributed by atoms with Crippen LogP contribution < -0.4 is 5.14 Å². The first kappa shape index (κ1) is 12.4. The maximum atomic E-state index is 11.3. The lowest BCUT2D eigenvalue weighted by Crippen LogP contribution is -2.31. The summed E-state index contributed by atoms with van der Waals surface area (Å²) in [6.07, 6.45) is 3.91. The lowest BCUT2D eigenvalue weighted by Gasteiger charge is -2.18. The van der Waals surface area contributed by atoms with Gasteiger partial charge in [0.25, 0.3) is 0 Å². The molecule has 6 heteroatoms. The number of nitrogens with two attached hydrogens (primary N) is 1.